The van der Waals surface area contributed by atoms with Gasteiger partial charge in [-0.2, -0.15) is 12.6 Å². The number of rotatable bonds is 9. The molecule has 1 heteroatoms. The molecule has 0 nitrogen and oxygen atoms in total. The topological polar surface area (TPSA) is 0 Å². The molecule has 0 rings (SSSR count). The molecule has 0 aliphatic rings. The van der Waals surface area contributed by atoms with Crippen molar-refractivity contribution < 1.29 is 0 Å². The van der Waals surface area contributed by atoms with Crippen molar-refractivity contribution in [2.24, 2.45) is 0 Å². The Morgan fingerprint density at radius 3 is 1.83 bits per heavy atom. The van der Waals surface area contributed by atoms with Crippen LogP contribution in [-0.4, -0.2) is 0 Å². The van der Waals surface area contributed by atoms with E-state index in [0.29, 0.717) is 0 Å². The van der Waals surface area contributed by atoms with Crippen molar-refractivity contribution in [3.63, 3.8) is 0 Å². The highest BCUT2D eigenvalue weighted by molar-refractivity contribution is 7.82. The minimum absolute atomic E-state index is 1.11. The number of hydrogen-bond donors (Lipinski definition) is 1. The lowest BCUT2D eigenvalue weighted by atomic mass is 10.1. The zero-order valence-corrected chi connectivity index (χ0v) is 8.99. The van der Waals surface area contributed by atoms with Gasteiger partial charge >= 0.3 is 0 Å². The number of unbranched alkanes of at least 4 members (excludes halogenated alkanes) is 8. The van der Waals surface area contributed by atoms with Crippen LogP contribution < -0.4 is 0 Å². The lowest BCUT2D eigenvalue weighted by Gasteiger charge is -1.99. The summed E-state index contributed by atoms with van der Waals surface area (Å²) >= 11 is 4.06. The molecule has 0 bridgehead atoms. The van der Waals surface area contributed by atoms with E-state index >= 15 is 0 Å². The molecule has 2 radical (unpaired) electrons. The summed E-state index contributed by atoms with van der Waals surface area (Å²) in [6.07, 6.45) is 11.9. The molecule has 0 aromatic carbocycles. The fraction of sp³-hybridized carbons (Fsp3) is 0.818. The van der Waals surface area contributed by atoms with Crippen molar-refractivity contribution in [2.75, 3.05) is 0 Å². The lowest BCUT2D eigenvalue weighted by Crippen LogP contribution is -1.80. The van der Waals surface area contributed by atoms with Gasteiger partial charge in [0.25, 0.3) is 0 Å². The van der Waals surface area contributed by atoms with Crippen molar-refractivity contribution in [2.45, 2.75) is 57.8 Å². The second-order valence-electron chi connectivity index (χ2n) is 3.30. The third-order valence-corrected chi connectivity index (χ3v) is 2.34. The summed E-state index contributed by atoms with van der Waals surface area (Å²) in [5.41, 5.74) is 0. The Labute approximate surface area is 83.5 Å². The van der Waals surface area contributed by atoms with E-state index < -0.39 is 0 Å². The van der Waals surface area contributed by atoms with E-state index in [1.807, 2.05) is 5.75 Å². The van der Waals surface area contributed by atoms with Crippen LogP contribution in [0.5, 0.6) is 0 Å². The van der Waals surface area contributed by atoms with Gasteiger partial charge in [-0.3, -0.25) is 0 Å². The van der Waals surface area contributed by atoms with E-state index in [9.17, 15) is 0 Å². The van der Waals surface area contributed by atoms with E-state index in [1.54, 1.807) is 0 Å². The molecule has 72 valence electrons. The summed E-state index contributed by atoms with van der Waals surface area (Å²) in [6.45, 7) is 3.83. The van der Waals surface area contributed by atoms with Crippen LogP contribution in [0.15, 0.2) is 0 Å². The van der Waals surface area contributed by atoms with Gasteiger partial charge in [0.1, 0.15) is 0 Å². The average molecular weight is 186 g/mol. The largest absolute Gasteiger partial charge is 0.175 e. The van der Waals surface area contributed by atoms with Crippen molar-refractivity contribution in [3.05, 3.63) is 12.7 Å². The molecule has 0 fully saturated rings. The number of hydrogen-bond acceptors (Lipinski definition) is 1. The predicted octanol–water partition coefficient (Wildman–Crippen LogP) is 4.42. The highest BCUT2D eigenvalue weighted by Gasteiger charge is 1.90. The zero-order valence-electron chi connectivity index (χ0n) is 8.10. The van der Waals surface area contributed by atoms with Crippen LogP contribution in [-0.2, 0) is 0 Å². The molecular formula is C11H22S. The molecule has 0 N–H and O–H groups in total. The van der Waals surface area contributed by atoms with Crippen molar-refractivity contribution in [1.82, 2.24) is 0 Å². The van der Waals surface area contributed by atoms with Crippen LogP contribution in [0.1, 0.15) is 57.8 Å². The Bertz CT molecular complexity index is 61.4. The smallest absolute Gasteiger partial charge is 0.0133 e. The molecule has 12 heavy (non-hydrogen) atoms. The predicted molar refractivity (Wildman–Crippen MR) is 60.2 cm³/mol. The first-order valence-corrected chi connectivity index (χ1v) is 5.68. The maximum Gasteiger partial charge on any atom is 0.0133 e. The van der Waals surface area contributed by atoms with E-state index in [2.05, 4.69) is 19.6 Å². The quantitative estimate of drug-likeness (QED) is 0.400. The molecule has 0 amide bonds. The van der Waals surface area contributed by atoms with Gasteiger partial charge in [0, 0.05) is 5.75 Å². The molecule has 0 aliphatic carbocycles. The lowest BCUT2D eigenvalue weighted by molar-refractivity contribution is 0.582. The summed E-state index contributed by atoms with van der Waals surface area (Å²) in [4.78, 5) is 0. The molecule has 0 saturated carbocycles. The van der Waals surface area contributed by atoms with Gasteiger partial charge in [-0.15, -0.1) is 0 Å². The fourth-order valence-electron chi connectivity index (χ4n) is 1.30. The normalized spacial score (nSPS) is 10.5. The van der Waals surface area contributed by atoms with Gasteiger partial charge in [0.2, 0.25) is 0 Å². The summed E-state index contributed by atoms with van der Waals surface area (Å²) in [5, 5.41) is 0. The van der Waals surface area contributed by atoms with E-state index in [4.69, 9.17) is 0 Å². The highest BCUT2D eigenvalue weighted by atomic mass is 32.1. The minimum Gasteiger partial charge on any atom is -0.175 e. The minimum atomic E-state index is 1.11. The third kappa shape index (κ3) is 10.3. The van der Waals surface area contributed by atoms with Gasteiger partial charge in [-0.1, -0.05) is 58.3 Å². The average Bonchev–Trinajstić information content (AvgIpc) is 2.10. The summed E-state index contributed by atoms with van der Waals surface area (Å²) in [6, 6.07) is 0. The van der Waals surface area contributed by atoms with Gasteiger partial charge < -0.3 is 0 Å². The van der Waals surface area contributed by atoms with E-state index in [1.165, 1.54) is 51.4 Å². The molecule has 0 heterocycles. The monoisotopic (exact) mass is 186 g/mol. The Morgan fingerprint density at radius 2 is 1.33 bits per heavy atom. The zero-order chi connectivity index (χ0) is 9.07. The molecule has 0 aromatic rings. The SMILES string of the molecule is [CH2]CCCCCCCCC[CH]S. The van der Waals surface area contributed by atoms with Crippen LogP contribution in [0.2, 0.25) is 0 Å². The van der Waals surface area contributed by atoms with Gasteiger partial charge in [-0.25, -0.2) is 0 Å². The van der Waals surface area contributed by atoms with Gasteiger partial charge in [-0.05, 0) is 6.42 Å². The van der Waals surface area contributed by atoms with E-state index in [-0.39, 0.29) is 0 Å². The number of thiol groups is 1. The standard InChI is InChI=1S/C11H22S/c1-2-3-4-5-6-7-8-9-10-11-12/h11-12H,1-10H2. The summed E-state index contributed by atoms with van der Waals surface area (Å²) < 4.78 is 0. The molecule has 0 spiro atoms. The van der Waals surface area contributed by atoms with Crippen molar-refractivity contribution >= 4 is 12.6 Å². The second kappa shape index (κ2) is 11.4. The first kappa shape index (κ1) is 12.3. The maximum atomic E-state index is 4.06. The fourth-order valence-corrected chi connectivity index (χ4v) is 1.48. The highest BCUT2D eigenvalue weighted by Crippen LogP contribution is 2.10. The van der Waals surface area contributed by atoms with Crippen LogP contribution in [0.25, 0.3) is 0 Å². The molecule has 0 aliphatic heterocycles. The van der Waals surface area contributed by atoms with Crippen molar-refractivity contribution in [3.8, 4) is 0 Å². The maximum absolute atomic E-state index is 4.06. The molecule has 0 aromatic heterocycles. The second-order valence-corrected chi connectivity index (χ2v) is 3.66. The Hall–Kier alpha value is 0.350. The molecule has 0 saturated heterocycles. The van der Waals surface area contributed by atoms with Gasteiger partial charge in [0.15, 0.2) is 0 Å². The summed E-state index contributed by atoms with van der Waals surface area (Å²) in [7, 11) is 0. The van der Waals surface area contributed by atoms with Crippen LogP contribution in [0.4, 0.5) is 0 Å². The third-order valence-electron chi connectivity index (χ3n) is 2.08. The Morgan fingerprint density at radius 1 is 0.833 bits per heavy atom. The van der Waals surface area contributed by atoms with Crippen molar-refractivity contribution in [1.29, 1.82) is 0 Å². The Balaban J connectivity index is 2.73. The van der Waals surface area contributed by atoms with Crippen LogP contribution in [0, 0.1) is 12.7 Å². The first-order chi connectivity index (χ1) is 5.91. The molecule has 0 atom stereocenters. The van der Waals surface area contributed by atoms with Crippen LogP contribution in [0.3, 0.4) is 0 Å². The van der Waals surface area contributed by atoms with E-state index in [0.717, 1.165) is 6.42 Å². The summed E-state index contributed by atoms with van der Waals surface area (Å²) in [5.74, 6) is 1.96. The molecular weight excluding hydrogens is 164 g/mol. The molecule has 0 unspecified atom stereocenters. The van der Waals surface area contributed by atoms with Gasteiger partial charge in [0.05, 0.1) is 0 Å². The first-order valence-electron chi connectivity index (χ1n) is 5.17. The van der Waals surface area contributed by atoms with Crippen LogP contribution >= 0.6 is 12.6 Å². The Kier molecular flexibility index (Phi) is 11.7.